The predicted octanol–water partition coefficient (Wildman–Crippen LogP) is 16.5. The maximum atomic E-state index is 2.62. The van der Waals surface area contributed by atoms with Gasteiger partial charge in [-0.15, -0.1) is 0 Å². The van der Waals surface area contributed by atoms with Gasteiger partial charge in [0.2, 0.25) is 0 Å². The molecule has 11 aromatic carbocycles. The zero-order valence-electron chi connectivity index (χ0n) is 38.5. The summed E-state index contributed by atoms with van der Waals surface area (Å²) in [5.41, 5.74) is 23.3. The number of nitrogens with zero attached hydrogens (tertiary/aromatic N) is 3. The van der Waals surface area contributed by atoms with Crippen LogP contribution < -0.4 is 25.5 Å². The van der Waals surface area contributed by atoms with Crippen molar-refractivity contribution in [2.24, 2.45) is 0 Å². The number of benzene rings is 11. The van der Waals surface area contributed by atoms with Crippen LogP contribution in [-0.2, 0) is 0 Å². The first-order chi connectivity index (χ1) is 34.7. The molecule has 0 N–H and O–H groups in total. The zero-order chi connectivity index (χ0) is 46.4. The SMILES string of the molecule is c1ccc(-c2cccc(N3B4c5ccc(N(c6ccccc6)c6ccccc6)cc5N(c5cccc(-c6ccccc6)c5)c5cc(-c6ccccc6)cc(c54)-c4cc(-c5ccccc5)ccc43)c2)cc1. The number of hydrogen-bond donors (Lipinski definition) is 0. The van der Waals surface area contributed by atoms with Crippen LogP contribution >= 0.6 is 0 Å². The average Bonchev–Trinajstić information content (AvgIpc) is 3.44. The monoisotopic (exact) mass is 891 g/mol. The van der Waals surface area contributed by atoms with Gasteiger partial charge < -0.3 is 14.6 Å². The number of para-hydroxylation sites is 2. The molecule has 0 bridgehead atoms. The van der Waals surface area contributed by atoms with Crippen LogP contribution in [0.1, 0.15) is 0 Å². The van der Waals surface area contributed by atoms with Crippen molar-refractivity contribution in [3.05, 3.63) is 279 Å². The molecule has 2 aliphatic heterocycles. The van der Waals surface area contributed by atoms with Gasteiger partial charge in [0.15, 0.2) is 0 Å². The highest BCUT2D eigenvalue weighted by atomic mass is 15.2. The van der Waals surface area contributed by atoms with Crippen molar-refractivity contribution in [3.63, 3.8) is 0 Å². The van der Waals surface area contributed by atoms with Crippen molar-refractivity contribution in [1.82, 2.24) is 0 Å². The number of anilines is 8. The van der Waals surface area contributed by atoms with Gasteiger partial charge in [0.1, 0.15) is 0 Å². The molecule has 0 saturated carbocycles. The molecule has 70 heavy (non-hydrogen) atoms. The standard InChI is InChI=1S/C66H46BN3/c1-7-21-47(22-8-1)51-29-19-35-57(41-51)69-64-46-58(68(55-31-15-5-16-32-55)56-33-17-6-18-34-56)38-39-62(64)67-66-61(44-54(45-65(66)69)50-27-13-4-14-28-50)60-43-53(49-25-11-3-12-26-49)37-40-63(60)70(67)59-36-20-30-52(42-59)48-23-9-2-10-24-48/h1-46H. The van der Waals surface area contributed by atoms with Crippen LogP contribution in [0.4, 0.5) is 45.5 Å². The van der Waals surface area contributed by atoms with Crippen LogP contribution in [-0.4, -0.2) is 6.85 Å². The Hall–Kier alpha value is -9.12. The van der Waals surface area contributed by atoms with E-state index in [2.05, 4.69) is 294 Å². The van der Waals surface area contributed by atoms with E-state index >= 15 is 0 Å². The molecule has 3 nitrogen and oxygen atoms in total. The van der Waals surface area contributed by atoms with E-state index in [9.17, 15) is 0 Å². The maximum Gasteiger partial charge on any atom is 0.333 e. The van der Waals surface area contributed by atoms with Gasteiger partial charge in [-0.25, -0.2) is 0 Å². The number of rotatable bonds is 9. The lowest BCUT2D eigenvalue weighted by atomic mass is 9.43. The molecule has 13 rings (SSSR count). The predicted molar refractivity (Wildman–Crippen MR) is 297 cm³/mol. The minimum absolute atomic E-state index is 0.185. The molecule has 0 fully saturated rings. The Kier molecular flexibility index (Phi) is 10.3. The lowest BCUT2D eigenvalue weighted by molar-refractivity contribution is 1.24. The fourth-order valence-electron chi connectivity index (χ4n) is 10.8. The highest BCUT2D eigenvalue weighted by Gasteiger charge is 2.45. The Morgan fingerprint density at radius 1 is 0.271 bits per heavy atom. The van der Waals surface area contributed by atoms with Gasteiger partial charge in [0.05, 0.1) is 0 Å². The summed E-state index contributed by atoms with van der Waals surface area (Å²) < 4.78 is 0. The second-order valence-corrected chi connectivity index (χ2v) is 18.1. The molecule has 0 spiro atoms. The fraction of sp³-hybridized carbons (Fsp3) is 0. The third-order valence-corrected chi connectivity index (χ3v) is 14.0. The number of hydrogen-bond acceptors (Lipinski definition) is 3. The number of fused-ring (bicyclic) bond motifs is 4. The highest BCUT2D eigenvalue weighted by molar-refractivity contribution is 6.93. The second-order valence-electron chi connectivity index (χ2n) is 18.1. The van der Waals surface area contributed by atoms with Gasteiger partial charge in [-0.1, -0.05) is 194 Å². The van der Waals surface area contributed by atoms with Crippen LogP contribution in [0.25, 0.3) is 55.6 Å². The van der Waals surface area contributed by atoms with Gasteiger partial charge in [-0.3, -0.25) is 0 Å². The molecule has 11 aromatic rings. The van der Waals surface area contributed by atoms with E-state index < -0.39 is 0 Å². The first kappa shape index (κ1) is 41.1. The van der Waals surface area contributed by atoms with Crippen LogP contribution in [0.15, 0.2) is 279 Å². The summed E-state index contributed by atoms with van der Waals surface area (Å²) in [4.78, 5) is 7.54. The van der Waals surface area contributed by atoms with E-state index in [0.717, 1.165) is 39.8 Å². The van der Waals surface area contributed by atoms with Crippen molar-refractivity contribution in [1.29, 1.82) is 0 Å². The summed E-state index contributed by atoms with van der Waals surface area (Å²) in [6, 6.07) is 102. The Labute approximate surface area is 410 Å². The summed E-state index contributed by atoms with van der Waals surface area (Å²) in [6.07, 6.45) is 0. The molecule has 0 saturated heterocycles. The van der Waals surface area contributed by atoms with Crippen molar-refractivity contribution < 1.29 is 0 Å². The van der Waals surface area contributed by atoms with E-state index in [-0.39, 0.29) is 6.85 Å². The lowest BCUT2D eigenvalue weighted by Crippen LogP contribution is -2.61. The van der Waals surface area contributed by atoms with E-state index in [1.165, 1.54) is 72.2 Å². The largest absolute Gasteiger partial charge is 0.376 e. The van der Waals surface area contributed by atoms with Gasteiger partial charge in [-0.05, 0) is 146 Å². The van der Waals surface area contributed by atoms with Crippen molar-refractivity contribution in [3.8, 4) is 55.6 Å². The first-order valence-corrected chi connectivity index (χ1v) is 24.1. The van der Waals surface area contributed by atoms with E-state index in [0.29, 0.717) is 0 Å². The Morgan fingerprint density at radius 2 is 0.729 bits per heavy atom. The minimum Gasteiger partial charge on any atom is -0.376 e. The van der Waals surface area contributed by atoms with E-state index in [1.54, 1.807) is 0 Å². The van der Waals surface area contributed by atoms with Gasteiger partial charge in [0, 0.05) is 51.1 Å². The third-order valence-electron chi connectivity index (χ3n) is 14.0. The minimum atomic E-state index is -0.185. The van der Waals surface area contributed by atoms with Gasteiger partial charge in [0.25, 0.3) is 0 Å². The van der Waals surface area contributed by atoms with Crippen LogP contribution in [0.5, 0.6) is 0 Å². The molecule has 2 heterocycles. The molecule has 0 atom stereocenters. The molecule has 0 aromatic heterocycles. The molecular formula is C66H46BN3. The average molecular weight is 892 g/mol. The molecule has 328 valence electrons. The normalized spacial score (nSPS) is 12.2. The Balaban J connectivity index is 1.13. The summed E-state index contributed by atoms with van der Waals surface area (Å²) >= 11 is 0. The summed E-state index contributed by atoms with van der Waals surface area (Å²) in [6.45, 7) is -0.185. The van der Waals surface area contributed by atoms with Crippen LogP contribution in [0.3, 0.4) is 0 Å². The van der Waals surface area contributed by atoms with Crippen molar-refractivity contribution in [2.75, 3.05) is 14.6 Å². The first-order valence-electron chi connectivity index (χ1n) is 24.1. The molecule has 0 aliphatic carbocycles. The van der Waals surface area contributed by atoms with Gasteiger partial charge in [-0.2, -0.15) is 0 Å². The lowest BCUT2D eigenvalue weighted by Gasteiger charge is -2.46. The second kappa shape index (κ2) is 17.5. The summed E-state index contributed by atoms with van der Waals surface area (Å²) in [5, 5.41) is 0. The summed E-state index contributed by atoms with van der Waals surface area (Å²) in [5.74, 6) is 0. The van der Waals surface area contributed by atoms with E-state index in [4.69, 9.17) is 0 Å². The summed E-state index contributed by atoms with van der Waals surface area (Å²) in [7, 11) is 0. The van der Waals surface area contributed by atoms with Crippen molar-refractivity contribution in [2.45, 2.75) is 0 Å². The Bertz CT molecular complexity index is 3620. The van der Waals surface area contributed by atoms with Crippen molar-refractivity contribution >= 4 is 63.3 Å². The molecule has 0 amide bonds. The van der Waals surface area contributed by atoms with E-state index in [1.807, 2.05) is 0 Å². The van der Waals surface area contributed by atoms with Crippen LogP contribution in [0, 0.1) is 0 Å². The smallest absolute Gasteiger partial charge is 0.333 e. The molecular weight excluding hydrogens is 846 g/mol. The molecule has 4 heteroatoms. The fourth-order valence-corrected chi connectivity index (χ4v) is 10.8. The quantitative estimate of drug-likeness (QED) is 0.134. The van der Waals surface area contributed by atoms with Gasteiger partial charge >= 0.3 is 6.85 Å². The Morgan fingerprint density at radius 3 is 1.29 bits per heavy atom. The highest BCUT2D eigenvalue weighted by Crippen LogP contribution is 2.50. The molecule has 0 unspecified atom stereocenters. The molecule has 0 radical (unpaired) electrons. The third kappa shape index (κ3) is 7.26. The topological polar surface area (TPSA) is 9.72 Å². The zero-order valence-corrected chi connectivity index (χ0v) is 38.5. The maximum absolute atomic E-state index is 2.62. The van der Waals surface area contributed by atoms with Crippen LogP contribution in [0.2, 0.25) is 0 Å². The molecule has 2 aliphatic rings.